The van der Waals surface area contributed by atoms with Crippen molar-refractivity contribution in [3.8, 4) is 11.3 Å². The molecule has 186 valence electrons. The van der Waals surface area contributed by atoms with Gasteiger partial charge in [-0.05, 0) is 23.2 Å². The summed E-state index contributed by atoms with van der Waals surface area (Å²) < 4.78 is 33.8. The summed E-state index contributed by atoms with van der Waals surface area (Å²) in [5.41, 5.74) is 0.595. The maximum atomic E-state index is 14.5. The molecule has 3 aromatic heterocycles. The topological polar surface area (TPSA) is 129 Å². The molecule has 14 heteroatoms. The molecule has 1 aromatic carbocycles. The van der Waals surface area contributed by atoms with Gasteiger partial charge in [0.25, 0.3) is 11.3 Å². The second kappa shape index (κ2) is 10.7. The fourth-order valence-corrected chi connectivity index (χ4v) is 3.97. The molecular formula is C22H18ClF2N7O3S. The summed E-state index contributed by atoms with van der Waals surface area (Å²) in [6, 6.07) is 10.9. The van der Waals surface area contributed by atoms with Crippen LogP contribution in [0.2, 0.25) is 5.15 Å². The fraction of sp³-hybridized carbons (Fsp3) is 0.182. The Morgan fingerprint density at radius 3 is 2.75 bits per heavy atom. The zero-order valence-corrected chi connectivity index (χ0v) is 20.0. The van der Waals surface area contributed by atoms with Crippen molar-refractivity contribution in [3.05, 3.63) is 92.2 Å². The van der Waals surface area contributed by atoms with Gasteiger partial charge in [-0.2, -0.15) is 13.5 Å². The minimum atomic E-state index is -3.60. The largest absolute Gasteiger partial charge is 0.618 e. The fourth-order valence-electron chi connectivity index (χ4n) is 3.33. The van der Waals surface area contributed by atoms with E-state index in [0.29, 0.717) is 5.69 Å². The van der Waals surface area contributed by atoms with Gasteiger partial charge in [-0.15, -0.1) is 5.10 Å². The quantitative estimate of drug-likeness (QED) is 0.250. The Balaban J connectivity index is 1.44. The maximum Gasteiger partial charge on any atom is 0.347 e. The van der Waals surface area contributed by atoms with Crippen molar-refractivity contribution in [3.63, 3.8) is 0 Å². The number of rotatable bonds is 9. The van der Waals surface area contributed by atoms with E-state index in [9.17, 15) is 23.6 Å². The number of nitrogens with one attached hydrogen (secondary N) is 2. The minimum absolute atomic E-state index is 0.0443. The summed E-state index contributed by atoms with van der Waals surface area (Å²) in [6.45, 7) is -1.39. The van der Waals surface area contributed by atoms with E-state index in [4.69, 9.17) is 11.6 Å². The number of hydrogen-bond donors (Lipinski definition) is 2. The van der Waals surface area contributed by atoms with Crippen LogP contribution in [0.3, 0.4) is 0 Å². The van der Waals surface area contributed by atoms with E-state index in [0.717, 1.165) is 34.2 Å². The number of pyridine rings is 1. The third kappa shape index (κ3) is 5.63. The van der Waals surface area contributed by atoms with E-state index in [2.05, 4.69) is 25.2 Å². The smallest absolute Gasteiger partial charge is 0.347 e. The van der Waals surface area contributed by atoms with Crippen molar-refractivity contribution in [1.29, 1.82) is 0 Å². The van der Waals surface area contributed by atoms with Gasteiger partial charge in [0.1, 0.15) is 17.4 Å². The summed E-state index contributed by atoms with van der Waals surface area (Å²) in [5.74, 6) is -4.58. The molecule has 3 heterocycles. The highest BCUT2D eigenvalue weighted by Gasteiger charge is 2.39. The summed E-state index contributed by atoms with van der Waals surface area (Å²) >= 11 is 7.25. The number of hydrogen-bond acceptors (Lipinski definition) is 8. The van der Waals surface area contributed by atoms with Crippen LogP contribution in [0.15, 0.2) is 65.0 Å². The highest BCUT2D eigenvalue weighted by molar-refractivity contribution is 7.03. The van der Waals surface area contributed by atoms with Crippen molar-refractivity contribution in [2.24, 2.45) is 0 Å². The van der Waals surface area contributed by atoms with E-state index in [1.807, 2.05) is 24.3 Å². The first-order chi connectivity index (χ1) is 17.3. The number of carbonyl (C=O) groups is 1. The van der Waals surface area contributed by atoms with E-state index in [-0.39, 0.29) is 16.4 Å². The van der Waals surface area contributed by atoms with Crippen molar-refractivity contribution in [2.75, 3.05) is 11.9 Å². The molecule has 2 N–H and O–H groups in total. The molecule has 0 unspecified atom stereocenters. The predicted molar refractivity (Wildman–Crippen MR) is 128 cm³/mol. The Hall–Kier alpha value is -3.97. The standard InChI is InChI=1S/C22H18ClF2N7O3S/c23-18-10-27-20(28-13-22(24,25)17-7-3-4-8-32(17)35)21(34)31(18)11-19(33)26-9-14-5-1-2-6-15(14)16-12-36-30-29-16/h1-8,10,12H,9,11,13H2,(H,26,33)(H,27,28). The highest BCUT2D eigenvalue weighted by atomic mass is 35.5. The molecule has 0 radical (unpaired) electrons. The molecule has 1 amide bonds. The second-order valence-electron chi connectivity index (χ2n) is 7.51. The maximum absolute atomic E-state index is 14.5. The first-order valence-corrected chi connectivity index (χ1v) is 11.7. The van der Waals surface area contributed by atoms with E-state index >= 15 is 0 Å². The molecule has 36 heavy (non-hydrogen) atoms. The van der Waals surface area contributed by atoms with Gasteiger partial charge < -0.3 is 15.8 Å². The molecule has 0 spiro atoms. The summed E-state index contributed by atoms with van der Waals surface area (Å²) in [7, 11) is 0. The number of carbonyl (C=O) groups excluding carboxylic acids is 1. The van der Waals surface area contributed by atoms with Crippen molar-refractivity contribution >= 4 is 34.9 Å². The number of aromatic nitrogens is 5. The predicted octanol–water partition coefficient (Wildman–Crippen LogP) is 2.57. The van der Waals surface area contributed by atoms with Crippen LogP contribution in [0, 0.1) is 5.21 Å². The molecule has 0 saturated carbocycles. The molecule has 0 atom stereocenters. The first-order valence-electron chi connectivity index (χ1n) is 10.4. The molecule has 4 aromatic rings. The van der Waals surface area contributed by atoms with Crippen LogP contribution in [0.25, 0.3) is 11.3 Å². The molecule has 0 bridgehead atoms. The van der Waals surface area contributed by atoms with Gasteiger partial charge in [-0.3, -0.25) is 14.2 Å². The summed E-state index contributed by atoms with van der Waals surface area (Å²) in [6.07, 6.45) is 2.01. The van der Waals surface area contributed by atoms with Crippen molar-refractivity contribution in [2.45, 2.75) is 19.0 Å². The molecular weight excluding hydrogens is 516 g/mol. The number of benzene rings is 1. The van der Waals surface area contributed by atoms with Gasteiger partial charge in [0.15, 0.2) is 12.0 Å². The van der Waals surface area contributed by atoms with E-state index < -0.39 is 42.0 Å². The lowest BCUT2D eigenvalue weighted by molar-refractivity contribution is -0.624. The van der Waals surface area contributed by atoms with Crippen LogP contribution in [0.5, 0.6) is 0 Å². The van der Waals surface area contributed by atoms with E-state index in [1.54, 1.807) is 5.38 Å². The van der Waals surface area contributed by atoms with Crippen LogP contribution >= 0.6 is 23.1 Å². The molecule has 0 fully saturated rings. The number of alkyl halides is 2. The molecule has 0 aliphatic rings. The molecule has 0 saturated heterocycles. The van der Waals surface area contributed by atoms with Crippen molar-refractivity contribution in [1.82, 2.24) is 24.5 Å². The van der Waals surface area contributed by atoms with Gasteiger partial charge in [0.05, 0.1) is 12.7 Å². The van der Waals surface area contributed by atoms with Crippen LogP contribution in [-0.4, -0.2) is 31.6 Å². The Kier molecular flexibility index (Phi) is 7.50. The minimum Gasteiger partial charge on any atom is -0.618 e. The van der Waals surface area contributed by atoms with Crippen LogP contribution < -0.4 is 20.9 Å². The average Bonchev–Trinajstić information content (AvgIpc) is 3.40. The number of amides is 1. The molecule has 4 rings (SSSR count). The third-order valence-corrected chi connectivity index (χ3v) is 5.92. The lowest BCUT2D eigenvalue weighted by atomic mass is 10.1. The highest BCUT2D eigenvalue weighted by Crippen LogP contribution is 2.25. The Bertz CT molecular complexity index is 1430. The summed E-state index contributed by atoms with van der Waals surface area (Å²) in [5, 5.41) is 22.3. The SMILES string of the molecule is O=C(Cn1c(Cl)cnc(NCC(F)(F)c2cccc[n+]2[O-])c1=O)NCc1ccccc1-c1csnn1. The number of anilines is 1. The van der Waals surface area contributed by atoms with Crippen LogP contribution in [0.4, 0.5) is 14.6 Å². The third-order valence-electron chi connectivity index (χ3n) is 5.11. The van der Waals surface area contributed by atoms with Gasteiger partial charge in [0, 0.05) is 29.6 Å². The van der Waals surface area contributed by atoms with Crippen molar-refractivity contribution < 1.29 is 18.3 Å². The first kappa shape index (κ1) is 25.1. The van der Waals surface area contributed by atoms with Gasteiger partial charge in [-0.25, -0.2) is 4.98 Å². The Morgan fingerprint density at radius 2 is 2.00 bits per heavy atom. The lowest BCUT2D eigenvalue weighted by Gasteiger charge is -2.17. The molecule has 0 aliphatic carbocycles. The second-order valence-corrected chi connectivity index (χ2v) is 8.51. The lowest BCUT2D eigenvalue weighted by Crippen LogP contribution is -2.41. The average molecular weight is 534 g/mol. The molecule has 10 nitrogen and oxygen atoms in total. The Morgan fingerprint density at radius 1 is 1.22 bits per heavy atom. The Labute approximate surface area is 212 Å². The van der Waals surface area contributed by atoms with Gasteiger partial charge in [-0.1, -0.05) is 40.4 Å². The van der Waals surface area contributed by atoms with Gasteiger partial charge in [0.2, 0.25) is 5.91 Å². The number of halogens is 3. The monoisotopic (exact) mass is 533 g/mol. The number of nitrogens with zero attached hydrogens (tertiary/aromatic N) is 5. The zero-order chi connectivity index (χ0) is 25.7. The van der Waals surface area contributed by atoms with Gasteiger partial charge >= 0.3 is 5.92 Å². The van der Waals surface area contributed by atoms with Crippen LogP contribution in [-0.2, 0) is 23.8 Å². The zero-order valence-electron chi connectivity index (χ0n) is 18.4. The molecule has 0 aliphatic heterocycles. The normalized spacial score (nSPS) is 11.3. The van der Waals surface area contributed by atoms with Crippen LogP contribution in [0.1, 0.15) is 11.3 Å². The van der Waals surface area contributed by atoms with E-state index in [1.165, 1.54) is 23.7 Å². The summed E-state index contributed by atoms with van der Waals surface area (Å²) in [4.78, 5) is 29.1.